The van der Waals surface area contributed by atoms with Crippen LogP contribution in [0.15, 0.2) is 29.3 Å². The number of ether oxygens (including phenoxy) is 2. The molecule has 2 aromatic rings. The molecule has 0 aliphatic carbocycles. The Balaban J connectivity index is 0.00000280. The second kappa shape index (κ2) is 12.3. The minimum atomic E-state index is 0. The van der Waals surface area contributed by atoms with Crippen LogP contribution in [0.5, 0.6) is 0 Å². The number of aromatic amines is 1. The normalized spacial score (nSPS) is 15.4. The molecule has 1 aromatic heterocycles. The Bertz CT molecular complexity index is 741. The van der Waals surface area contributed by atoms with Gasteiger partial charge in [0.2, 0.25) is 0 Å². The van der Waals surface area contributed by atoms with Gasteiger partial charge in [0.15, 0.2) is 5.96 Å². The van der Waals surface area contributed by atoms with E-state index in [-0.39, 0.29) is 24.0 Å². The van der Waals surface area contributed by atoms with Gasteiger partial charge in [-0.15, -0.1) is 24.0 Å². The Kier molecular flexibility index (Phi) is 10.1. The van der Waals surface area contributed by atoms with E-state index in [1.807, 2.05) is 7.05 Å². The number of nitrogens with one attached hydrogen (secondary N) is 3. The van der Waals surface area contributed by atoms with Crippen molar-refractivity contribution in [1.82, 2.24) is 15.6 Å². The molecule has 6 nitrogen and oxygen atoms in total. The number of aromatic nitrogens is 1. The van der Waals surface area contributed by atoms with Crippen molar-refractivity contribution in [2.45, 2.75) is 38.7 Å². The molecule has 0 saturated carbocycles. The lowest BCUT2D eigenvalue weighted by atomic mass is 10.1. The largest absolute Gasteiger partial charge is 0.381 e. The number of halogens is 1. The van der Waals surface area contributed by atoms with Gasteiger partial charge in [-0.05, 0) is 44.2 Å². The minimum absolute atomic E-state index is 0. The molecular formula is C21H33IN4O2. The van der Waals surface area contributed by atoms with Crippen molar-refractivity contribution in [2.24, 2.45) is 4.99 Å². The first-order valence-electron chi connectivity index (χ1n) is 9.98. The van der Waals surface area contributed by atoms with Crippen LogP contribution in [0.2, 0.25) is 0 Å². The molecule has 3 N–H and O–H groups in total. The van der Waals surface area contributed by atoms with Gasteiger partial charge >= 0.3 is 0 Å². The fraction of sp³-hybridized carbons (Fsp3) is 0.571. The van der Waals surface area contributed by atoms with Crippen molar-refractivity contribution in [1.29, 1.82) is 0 Å². The molecule has 0 radical (unpaired) electrons. The summed E-state index contributed by atoms with van der Waals surface area (Å²) in [7, 11) is 1.81. The Morgan fingerprint density at radius 2 is 1.96 bits per heavy atom. The molecule has 3 rings (SSSR count). The number of nitrogens with zero attached hydrogens (tertiary/aromatic N) is 1. The molecule has 0 bridgehead atoms. The average Bonchev–Trinajstić information content (AvgIpc) is 3.02. The van der Waals surface area contributed by atoms with Crippen molar-refractivity contribution < 1.29 is 9.47 Å². The number of benzene rings is 1. The summed E-state index contributed by atoms with van der Waals surface area (Å²) in [4.78, 5) is 7.77. The first kappa shape index (κ1) is 23.0. The number of rotatable bonds is 8. The molecular weight excluding hydrogens is 467 g/mol. The number of H-pyrrole nitrogens is 1. The predicted molar refractivity (Wildman–Crippen MR) is 126 cm³/mol. The molecule has 28 heavy (non-hydrogen) atoms. The van der Waals surface area contributed by atoms with Crippen molar-refractivity contribution in [3.8, 4) is 0 Å². The maximum absolute atomic E-state index is 5.90. The van der Waals surface area contributed by atoms with E-state index >= 15 is 0 Å². The predicted octanol–water partition coefficient (Wildman–Crippen LogP) is 3.39. The number of guanidine groups is 1. The smallest absolute Gasteiger partial charge is 0.190 e. The highest BCUT2D eigenvalue weighted by atomic mass is 127. The zero-order valence-electron chi connectivity index (χ0n) is 16.9. The molecule has 1 aromatic carbocycles. The molecule has 1 aliphatic rings. The van der Waals surface area contributed by atoms with Gasteiger partial charge in [0.25, 0.3) is 0 Å². The Morgan fingerprint density at radius 3 is 2.75 bits per heavy atom. The lowest BCUT2D eigenvalue weighted by molar-refractivity contribution is -0.0320. The minimum Gasteiger partial charge on any atom is -0.381 e. The van der Waals surface area contributed by atoms with Crippen LogP contribution in [-0.2, 0) is 15.9 Å². The summed E-state index contributed by atoms with van der Waals surface area (Å²) in [5, 5.41) is 8.08. The topological polar surface area (TPSA) is 70.7 Å². The molecule has 0 atom stereocenters. The lowest BCUT2D eigenvalue weighted by Gasteiger charge is -2.22. The van der Waals surface area contributed by atoms with Gasteiger partial charge in [-0.2, -0.15) is 0 Å². The highest BCUT2D eigenvalue weighted by molar-refractivity contribution is 14.0. The van der Waals surface area contributed by atoms with Gasteiger partial charge in [-0.3, -0.25) is 4.99 Å². The third kappa shape index (κ3) is 6.63. The maximum Gasteiger partial charge on any atom is 0.190 e. The molecule has 0 spiro atoms. The van der Waals surface area contributed by atoms with Crippen molar-refractivity contribution in [2.75, 3.05) is 40.0 Å². The van der Waals surface area contributed by atoms with Crippen LogP contribution < -0.4 is 10.6 Å². The maximum atomic E-state index is 5.90. The Labute approximate surface area is 184 Å². The number of fused-ring (bicyclic) bond motifs is 1. The number of aryl methyl sites for hydroxylation is 1. The van der Waals surface area contributed by atoms with E-state index in [1.165, 1.54) is 22.2 Å². The summed E-state index contributed by atoms with van der Waals surface area (Å²) >= 11 is 0. The molecule has 156 valence electrons. The van der Waals surface area contributed by atoms with Crippen LogP contribution in [0.25, 0.3) is 10.9 Å². The highest BCUT2D eigenvalue weighted by Gasteiger charge is 2.13. The first-order valence-corrected chi connectivity index (χ1v) is 9.98. The van der Waals surface area contributed by atoms with Crippen LogP contribution in [0.1, 0.15) is 30.5 Å². The van der Waals surface area contributed by atoms with Crippen LogP contribution in [0, 0.1) is 6.92 Å². The molecule has 2 heterocycles. The zero-order chi connectivity index (χ0) is 18.9. The van der Waals surface area contributed by atoms with E-state index in [2.05, 4.69) is 51.8 Å². The van der Waals surface area contributed by atoms with E-state index in [0.29, 0.717) is 6.10 Å². The van der Waals surface area contributed by atoms with Crippen molar-refractivity contribution in [3.05, 3.63) is 35.5 Å². The van der Waals surface area contributed by atoms with E-state index in [0.717, 1.165) is 64.6 Å². The van der Waals surface area contributed by atoms with Crippen LogP contribution in [-0.4, -0.2) is 57.0 Å². The van der Waals surface area contributed by atoms with Crippen LogP contribution in [0.3, 0.4) is 0 Å². The summed E-state index contributed by atoms with van der Waals surface area (Å²) in [5.41, 5.74) is 3.82. The average molecular weight is 500 g/mol. The van der Waals surface area contributed by atoms with E-state index in [1.54, 1.807) is 0 Å². The van der Waals surface area contributed by atoms with E-state index in [9.17, 15) is 0 Å². The zero-order valence-corrected chi connectivity index (χ0v) is 19.3. The van der Waals surface area contributed by atoms with Gasteiger partial charge in [-0.1, -0.05) is 18.2 Å². The Morgan fingerprint density at radius 1 is 1.21 bits per heavy atom. The molecule has 1 saturated heterocycles. The molecule has 1 aliphatic heterocycles. The number of aliphatic imine (C=N–C) groups is 1. The van der Waals surface area contributed by atoms with Gasteiger partial charge in [0.1, 0.15) is 0 Å². The molecule has 0 unspecified atom stereocenters. The van der Waals surface area contributed by atoms with Crippen molar-refractivity contribution in [3.63, 3.8) is 0 Å². The van der Waals surface area contributed by atoms with Gasteiger partial charge in [-0.25, -0.2) is 0 Å². The van der Waals surface area contributed by atoms with Gasteiger partial charge in [0, 0.05) is 56.6 Å². The van der Waals surface area contributed by atoms with Crippen LogP contribution >= 0.6 is 24.0 Å². The summed E-state index contributed by atoms with van der Waals surface area (Å²) in [5.74, 6) is 0.846. The fourth-order valence-corrected chi connectivity index (χ4v) is 3.55. The number of hydrogen-bond acceptors (Lipinski definition) is 3. The van der Waals surface area contributed by atoms with Gasteiger partial charge in [0.05, 0.1) is 6.10 Å². The summed E-state index contributed by atoms with van der Waals surface area (Å²) in [6.45, 7) is 6.28. The second-order valence-corrected chi connectivity index (χ2v) is 6.99. The standard InChI is InChI=1S/C21H32N4O2.HI/c1-16-18(19-6-3-4-7-20(19)25-16)8-12-24-21(22-2)23-11-5-13-27-17-9-14-26-15-10-17;/h3-4,6-7,17,25H,5,8-15H2,1-2H3,(H2,22,23,24);1H. The Hall–Kier alpha value is -1.32. The third-order valence-corrected chi connectivity index (χ3v) is 5.05. The summed E-state index contributed by atoms with van der Waals surface area (Å²) in [6, 6.07) is 8.47. The van der Waals surface area contributed by atoms with Gasteiger partial charge < -0.3 is 25.1 Å². The molecule has 1 fully saturated rings. The number of para-hydroxylation sites is 1. The fourth-order valence-electron chi connectivity index (χ4n) is 3.55. The summed E-state index contributed by atoms with van der Waals surface area (Å²) < 4.78 is 11.2. The second-order valence-electron chi connectivity index (χ2n) is 6.99. The molecule has 7 heteroatoms. The third-order valence-electron chi connectivity index (χ3n) is 5.05. The number of hydrogen-bond donors (Lipinski definition) is 3. The van der Waals surface area contributed by atoms with E-state index in [4.69, 9.17) is 9.47 Å². The quantitative estimate of drug-likeness (QED) is 0.225. The highest BCUT2D eigenvalue weighted by Crippen LogP contribution is 2.21. The molecule has 0 amide bonds. The van der Waals surface area contributed by atoms with Crippen molar-refractivity contribution >= 4 is 40.8 Å². The SMILES string of the molecule is CN=C(NCCCOC1CCOCC1)NCCc1c(C)[nH]c2ccccc12.I. The first-order chi connectivity index (χ1) is 13.3. The van der Waals surface area contributed by atoms with E-state index < -0.39 is 0 Å². The van der Waals surface area contributed by atoms with Crippen LogP contribution in [0.4, 0.5) is 0 Å². The monoisotopic (exact) mass is 500 g/mol. The summed E-state index contributed by atoms with van der Waals surface area (Å²) in [6.07, 6.45) is 4.34. The lowest BCUT2D eigenvalue weighted by Crippen LogP contribution is -2.39.